The molecule has 1 N–H and O–H groups in total. The van der Waals surface area contributed by atoms with Crippen LogP contribution in [0, 0.1) is 0 Å². The Morgan fingerprint density at radius 2 is 2.00 bits per heavy atom. The molecular formula is C18H24N6O4S. The minimum atomic E-state index is -3.35. The van der Waals surface area contributed by atoms with Gasteiger partial charge in [0, 0.05) is 38.8 Å². The van der Waals surface area contributed by atoms with Crippen molar-refractivity contribution in [1.82, 2.24) is 29.0 Å². The van der Waals surface area contributed by atoms with Crippen molar-refractivity contribution in [2.24, 2.45) is 0 Å². The molecule has 2 aliphatic heterocycles. The molecule has 0 aliphatic carbocycles. The fourth-order valence-corrected chi connectivity index (χ4v) is 5.24. The van der Waals surface area contributed by atoms with Crippen LogP contribution in [0.5, 0.6) is 0 Å². The van der Waals surface area contributed by atoms with E-state index in [2.05, 4.69) is 15.2 Å². The van der Waals surface area contributed by atoms with Crippen molar-refractivity contribution in [3.05, 3.63) is 45.9 Å². The van der Waals surface area contributed by atoms with Gasteiger partial charge in [0.05, 0.1) is 12.3 Å². The number of H-pyrrole nitrogens is 1. The fourth-order valence-electron chi connectivity index (χ4n) is 4.12. The molecule has 1 amide bonds. The molecule has 4 rings (SSSR count). The van der Waals surface area contributed by atoms with Crippen LogP contribution >= 0.6 is 0 Å². The number of nitrogens with one attached hydrogen (secondary N) is 1. The molecule has 1 unspecified atom stereocenters. The third-order valence-electron chi connectivity index (χ3n) is 5.57. The molecule has 11 heteroatoms. The third-order valence-corrected chi connectivity index (χ3v) is 6.86. The summed E-state index contributed by atoms with van der Waals surface area (Å²) in [6, 6.07) is 2.81. The number of amides is 1. The number of nitrogens with zero attached hydrogens (tertiary/aromatic N) is 5. The van der Waals surface area contributed by atoms with E-state index in [1.165, 1.54) is 22.8 Å². The number of hydrogen-bond donors (Lipinski definition) is 1. The lowest BCUT2D eigenvalue weighted by atomic mass is 10.0. The largest absolute Gasteiger partial charge is 0.336 e. The van der Waals surface area contributed by atoms with Gasteiger partial charge in [-0.25, -0.2) is 8.42 Å². The second-order valence-corrected chi connectivity index (χ2v) is 9.40. The Morgan fingerprint density at radius 1 is 1.17 bits per heavy atom. The van der Waals surface area contributed by atoms with Crippen molar-refractivity contribution >= 4 is 15.9 Å². The van der Waals surface area contributed by atoms with Crippen LogP contribution in [0.15, 0.2) is 23.1 Å². The molecule has 1 saturated heterocycles. The molecule has 156 valence electrons. The van der Waals surface area contributed by atoms with E-state index < -0.39 is 15.6 Å². The highest BCUT2D eigenvalue weighted by molar-refractivity contribution is 7.88. The average molecular weight is 420 g/mol. The second-order valence-electron chi connectivity index (χ2n) is 7.47. The van der Waals surface area contributed by atoms with E-state index in [-0.39, 0.29) is 17.5 Å². The van der Waals surface area contributed by atoms with Gasteiger partial charge in [0.1, 0.15) is 11.4 Å². The van der Waals surface area contributed by atoms with Crippen molar-refractivity contribution in [3.63, 3.8) is 0 Å². The minimum absolute atomic E-state index is 0.112. The van der Waals surface area contributed by atoms with Crippen LogP contribution in [0.1, 0.15) is 47.3 Å². The summed E-state index contributed by atoms with van der Waals surface area (Å²) >= 11 is 0. The number of aromatic amines is 1. The molecular weight excluding hydrogens is 396 g/mol. The first-order chi connectivity index (χ1) is 13.9. The molecule has 2 aromatic rings. The summed E-state index contributed by atoms with van der Waals surface area (Å²) in [5.41, 5.74) is -0.297. The summed E-state index contributed by atoms with van der Waals surface area (Å²) in [6.07, 6.45) is 5.68. The Hall–Kier alpha value is -2.53. The lowest BCUT2D eigenvalue weighted by molar-refractivity contribution is 0.0756. The smallest absolute Gasteiger partial charge is 0.260 e. The number of carbonyl (C=O) groups excluding carboxylic acids is 1. The number of sulfonamides is 1. The van der Waals surface area contributed by atoms with Crippen molar-refractivity contribution in [1.29, 1.82) is 0 Å². The molecule has 0 aromatic carbocycles. The summed E-state index contributed by atoms with van der Waals surface area (Å²) in [5.74, 6) is 1.05. The molecule has 10 nitrogen and oxygen atoms in total. The Morgan fingerprint density at radius 3 is 2.76 bits per heavy atom. The molecule has 0 spiro atoms. The summed E-state index contributed by atoms with van der Waals surface area (Å²) in [5, 5.41) is 8.60. The summed E-state index contributed by atoms with van der Waals surface area (Å²) in [6.45, 7) is 1.76. The van der Waals surface area contributed by atoms with Gasteiger partial charge in [-0.1, -0.05) is 6.42 Å². The SMILES string of the molecule is CS(=O)(=O)N1CCCCC1c1nnc2n1CCN(C(=O)c1ccc[nH]c1=O)CC2. The Kier molecular flexibility index (Phi) is 5.26. The average Bonchev–Trinajstić information content (AvgIpc) is 2.98. The number of hydrogen-bond acceptors (Lipinski definition) is 6. The van der Waals surface area contributed by atoms with Gasteiger partial charge in [0.2, 0.25) is 10.0 Å². The first-order valence-electron chi connectivity index (χ1n) is 9.72. The maximum Gasteiger partial charge on any atom is 0.260 e. The maximum atomic E-state index is 12.8. The molecule has 2 aliphatic rings. The second kappa shape index (κ2) is 7.71. The fraction of sp³-hybridized carbons (Fsp3) is 0.556. The third kappa shape index (κ3) is 3.84. The van der Waals surface area contributed by atoms with Crippen LogP contribution in [0.25, 0.3) is 0 Å². The monoisotopic (exact) mass is 420 g/mol. The lowest BCUT2D eigenvalue weighted by Gasteiger charge is -2.33. The predicted octanol–water partition coefficient (Wildman–Crippen LogP) is 0.152. The molecule has 1 fully saturated rings. The van der Waals surface area contributed by atoms with Crippen molar-refractivity contribution in [2.45, 2.75) is 38.3 Å². The van der Waals surface area contributed by atoms with E-state index in [4.69, 9.17) is 0 Å². The number of aromatic nitrogens is 4. The van der Waals surface area contributed by atoms with E-state index in [0.29, 0.717) is 44.8 Å². The Labute approximate surface area is 168 Å². The van der Waals surface area contributed by atoms with Crippen LogP contribution in [0.3, 0.4) is 0 Å². The zero-order chi connectivity index (χ0) is 20.6. The van der Waals surface area contributed by atoms with E-state index >= 15 is 0 Å². The van der Waals surface area contributed by atoms with Crippen molar-refractivity contribution in [2.75, 3.05) is 25.9 Å². The van der Waals surface area contributed by atoms with E-state index in [1.807, 2.05) is 4.57 Å². The standard InChI is InChI=1S/C18H24N6O4S/c1-29(27,28)24-9-3-2-6-14(24)16-21-20-15-7-10-22(11-12-23(15)16)18(26)13-5-4-8-19-17(13)25/h4-5,8,14H,2-3,6-7,9-12H2,1H3,(H,19,25). The maximum absolute atomic E-state index is 12.8. The molecule has 1 atom stereocenters. The first-order valence-corrected chi connectivity index (χ1v) is 11.6. The number of piperidine rings is 1. The zero-order valence-corrected chi connectivity index (χ0v) is 17.1. The quantitative estimate of drug-likeness (QED) is 0.755. The predicted molar refractivity (Wildman–Crippen MR) is 105 cm³/mol. The molecule has 2 aromatic heterocycles. The van der Waals surface area contributed by atoms with Gasteiger partial charge in [-0.3, -0.25) is 9.59 Å². The topological polar surface area (TPSA) is 121 Å². The molecule has 0 bridgehead atoms. The number of carbonyl (C=O) groups is 1. The van der Waals surface area contributed by atoms with Crippen LogP contribution in [0.2, 0.25) is 0 Å². The molecule has 0 saturated carbocycles. The van der Waals surface area contributed by atoms with Gasteiger partial charge in [-0.15, -0.1) is 10.2 Å². The minimum Gasteiger partial charge on any atom is -0.336 e. The Balaban J connectivity index is 1.58. The number of pyridine rings is 1. The van der Waals surface area contributed by atoms with Crippen LogP contribution in [-0.2, 0) is 23.0 Å². The van der Waals surface area contributed by atoms with E-state index in [1.54, 1.807) is 11.0 Å². The molecule has 29 heavy (non-hydrogen) atoms. The van der Waals surface area contributed by atoms with Crippen LogP contribution < -0.4 is 5.56 Å². The molecule has 4 heterocycles. The van der Waals surface area contributed by atoms with E-state index in [0.717, 1.165) is 18.7 Å². The van der Waals surface area contributed by atoms with Gasteiger partial charge in [-0.05, 0) is 25.0 Å². The van der Waals surface area contributed by atoms with Crippen molar-refractivity contribution in [3.8, 4) is 0 Å². The number of fused-ring (bicyclic) bond motifs is 1. The summed E-state index contributed by atoms with van der Waals surface area (Å²) < 4.78 is 27.9. The van der Waals surface area contributed by atoms with Crippen LogP contribution in [0.4, 0.5) is 0 Å². The Bertz CT molecular complexity index is 1080. The van der Waals surface area contributed by atoms with Gasteiger partial charge < -0.3 is 14.5 Å². The summed E-state index contributed by atoms with van der Waals surface area (Å²) in [4.78, 5) is 28.9. The normalized spacial score (nSPS) is 20.9. The van der Waals surface area contributed by atoms with Gasteiger partial charge >= 0.3 is 0 Å². The van der Waals surface area contributed by atoms with Crippen molar-refractivity contribution < 1.29 is 13.2 Å². The number of rotatable bonds is 3. The zero-order valence-electron chi connectivity index (χ0n) is 16.2. The highest BCUT2D eigenvalue weighted by Crippen LogP contribution is 2.32. The molecule has 0 radical (unpaired) electrons. The van der Waals surface area contributed by atoms with Gasteiger partial charge in [0.25, 0.3) is 11.5 Å². The lowest BCUT2D eigenvalue weighted by Crippen LogP contribution is -2.39. The van der Waals surface area contributed by atoms with Crippen LogP contribution in [-0.4, -0.2) is 69.2 Å². The van der Waals surface area contributed by atoms with Gasteiger partial charge in [-0.2, -0.15) is 4.31 Å². The van der Waals surface area contributed by atoms with E-state index in [9.17, 15) is 18.0 Å². The highest BCUT2D eigenvalue weighted by atomic mass is 32.2. The first kappa shape index (κ1) is 19.8. The highest BCUT2D eigenvalue weighted by Gasteiger charge is 2.35. The summed E-state index contributed by atoms with van der Waals surface area (Å²) in [7, 11) is -3.35. The van der Waals surface area contributed by atoms with Gasteiger partial charge in [0.15, 0.2) is 5.82 Å².